The van der Waals surface area contributed by atoms with Gasteiger partial charge in [0.25, 0.3) is 5.91 Å². The zero-order valence-corrected chi connectivity index (χ0v) is 20.4. The third-order valence-electron chi connectivity index (χ3n) is 7.59. The molecule has 0 spiro atoms. The number of aryl methyl sites for hydroxylation is 1. The fourth-order valence-electron chi connectivity index (χ4n) is 5.76. The van der Waals surface area contributed by atoms with Gasteiger partial charge in [-0.25, -0.2) is 0 Å². The number of amides is 1. The number of anilines is 1. The van der Waals surface area contributed by atoms with Crippen LogP contribution in [0.5, 0.6) is 5.75 Å². The van der Waals surface area contributed by atoms with Crippen LogP contribution in [0.1, 0.15) is 49.8 Å². The second-order valence-corrected chi connectivity index (χ2v) is 10.5. The van der Waals surface area contributed by atoms with Crippen LogP contribution in [0.3, 0.4) is 0 Å². The highest BCUT2D eigenvalue weighted by molar-refractivity contribution is 6.22. The number of benzene rings is 1. The number of rotatable bonds is 5. The number of nitrogens with two attached hydrogens (primary N) is 1. The van der Waals surface area contributed by atoms with E-state index in [0.717, 1.165) is 12.1 Å². The van der Waals surface area contributed by atoms with Crippen molar-refractivity contribution in [2.75, 3.05) is 19.0 Å². The van der Waals surface area contributed by atoms with Crippen molar-refractivity contribution >= 4 is 28.9 Å². The average Bonchev–Trinajstić information content (AvgIpc) is 2.75. The Kier molecular flexibility index (Phi) is 5.95. The number of nitrogens with zero attached hydrogens (tertiary/aromatic N) is 1. The third-order valence-corrected chi connectivity index (χ3v) is 7.59. The number of ketones is 2. The van der Waals surface area contributed by atoms with E-state index in [1.54, 1.807) is 0 Å². The van der Waals surface area contributed by atoms with Gasteiger partial charge in [0, 0.05) is 37.7 Å². The molecule has 0 radical (unpaired) electrons. The molecular formula is C26H32N2O7. The van der Waals surface area contributed by atoms with Crippen molar-refractivity contribution in [3.05, 3.63) is 39.7 Å². The summed E-state index contributed by atoms with van der Waals surface area (Å²) in [4.78, 5) is 39.7. The monoisotopic (exact) mass is 484 g/mol. The second kappa shape index (κ2) is 8.41. The highest BCUT2D eigenvalue weighted by Gasteiger charge is 2.60. The minimum absolute atomic E-state index is 0.117. The Hall–Kier alpha value is -3.33. The smallest absolute Gasteiger partial charge is 0.255 e. The van der Waals surface area contributed by atoms with Crippen LogP contribution in [0.2, 0.25) is 0 Å². The average molecular weight is 485 g/mol. The largest absolute Gasteiger partial charge is 0.508 e. The van der Waals surface area contributed by atoms with Gasteiger partial charge in [-0.2, -0.15) is 0 Å². The lowest BCUT2D eigenvalue weighted by molar-refractivity contribution is -0.147. The standard InChI is InChI=1S/C26H32N2O7/c1-11(2)5-6-12-9-16(28(3)4)15-8-13-7-14-10-17(29)20(25(27)34)24(33)26(14,35)23(32)18(13)22(31)19(15)21(12)30/h9,11,13-14,30-31,33,35H,5-8,10H2,1-4H3,(H2,27,34)/t13-,14+,26+/m1/s1. The van der Waals surface area contributed by atoms with E-state index in [9.17, 15) is 34.8 Å². The van der Waals surface area contributed by atoms with E-state index in [0.29, 0.717) is 29.9 Å². The molecule has 3 aliphatic carbocycles. The molecule has 0 saturated heterocycles. The van der Waals surface area contributed by atoms with Gasteiger partial charge in [0.15, 0.2) is 11.4 Å². The van der Waals surface area contributed by atoms with Crippen LogP contribution in [0.4, 0.5) is 5.69 Å². The van der Waals surface area contributed by atoms with Gasteiger partial charge in [0.2, 0.25) is 5.78 Å². The van der Waals surface area contributed by atoms with Gasteiger partial charge < -0.3 is 31.1 Å². The van der Waals surface area contributed by atoms with E-state index in [1.165, 1.54) is 0 Å². The van der Waals surface area contributed by atoms with Gasteiger partial charge in [-0.05, 0) is 54.7 Å². The molecule has 1 aromatic rings. The molecule has 9 nitrogen and oxygen atoms in total. The zero-order valence-electron chi connectivity index (χ0n) is 20.4. The fraction of sp³-hybridized carbons (Fsp3) is 0.500. The van der Waals surface area contributed by atoms with Crippen LogP contribution in [-0.2, 0) is 27.2 Å². The first-order chi connectivity index (χ1) is 16.3. The van der Waals surface area contributed by atoms with Crippen molar-refractivity contribution in [2.24, 2.45) is 23.5 Å². The van der Waals surface area contributed by atoms with E-state index >= 15 is 0 Å². The molecule has 1 amide bonds. The summed E-state index contributed by atoms with van der Waals surface area (Å²) in [7, 11) is 3.71. The van der Waals surface area contributed by atoms with Gasteiger partial charge in [-0.1, -0.05) is 13.8 Å². The van der Waals surface area contributed by atoms with Crippen LogP contribution in [-0.4, -0.2) is 57.6 Å². The number of hydrogen-bond donors (Lipinski definition) is 5. The minimum atomic E-state index is -2.55. The topological polar surface area (TPSA) is 161 Å². The van der Waals surface area contributed by atoms with Crippen LogP contribution < -0.4 is 10.6 Å². The molecule has 3 aliphatic rings. The van der Waals surface area contributed by atoms with Crippen molar-refractivity contribution in [1.29, 1.82) is 0 Å². The van der Waals surface area contributed by atoms with E-state index in [-0.39, 0.29) is 29.7 Å². The number of carbonyl (C=O) groups excluding carboxylic acids is 3. The lowest BCUT2D eigenvalue weighted by Crippen LogP contribution is -2.58. The van der Waals surface area contributed by atoms with E-state index in [4.69, 9.17) is 5.73 Å². The van der Waals surface area contributed by atoms with E-state index in [1.807, 2.05) is 25.1 Å². The van der Waals surface area contributed by atoms with E-state index < -0.39 is 52.0 Å². The number of carbonyl (C=O) groups is 3. The summed E-state index contributed by atoms with van der Waals surface area (Å²) in [5.74, 6) is -5.71. The Balaban J connectivity index is 1.92. The Morgan fingerprint density at radius 1 is 1.20 bits per heavy atom. The number of phenolic OH excluding ortho intramolecular Hbond substituents is 1. The number of Topliss-reactive ketones (excluding diaryl/α,β-unsaturated/α-hetero) is 2. The molecule has 1 fully saturated rings. The van der Waals surface area contributed by atoms with Crippen LogP contribution >= 0.6 is 0 Å². The van der Waals surface area contributed by atoms with Crippen molar-refractivity contribution < 1.29 is 34.8 Å². The van der Waals surface area contributed by atoms with Gasteiger partial charge in [-0.3, -0.25) is 14.4 Å². The number of phenols is 1. The highest BCUT2D eigenvalue weighted by Crippen LogP contribution is 2.53. The summed E-state index contributed by atoms with van der Waals surface area (Å²) in [6.07, 6.45) is 1.45. The Labute approximate surface area is 203 Å². The molecular weight excluding hydrogens is 452 g/mol. The van der Waals surface area contributed by atoms with Gasteiger partial charge in [-0.15, -0.1) is 0 Å². The molecule has 0 unspecified atom stereocenters. The molecule has 0 aliphatic heterocycles. The van der Waals surface area contributed by atoms with Crippen molar-refractivity contribution in [3.63, 3.8) is 0 Å². The maximum atomic E-state index is 13.6. The molecule has 35 heavy (non-hydrogen) atoms. The molecule has 1 saturated carbocycles. The Bertz CT molecular complexity index is 1210. The molecule has 4 rings (SSSR count). The van der Waals surface area contributed by atoms with Gasteiger partial charge in [0.05, 0.1) is 5.56 Å². The molecule has 6 N–H and O–H groups in total. The SMILES string of the molecule is CC(C)CCc1cc(N(C)C)c2c(c1O)C(O)=C1C(=O)[C@]3(O)C(O)=C(C(N)=O)C(=O)C[C@@H]3C[C@@H]1C2. The normalized spacial score (nSPS) is 26.0. The third kappa shape index (κ3) is 3.60. The maximum absolute atomic E-state index is 13.6. The lowest BCUT2D eigenvalue weighted by atomic mass is 9.59. The summed E-state index contributed by atoms with van der Waals surface area (Å²) >= 11 is 0. The molecule has 188 valence electrons. The lowest BCUT2D eigenvalue weighted by Gasteiger charge is -2.46. The number of aromatic hydroxyl groups is 1. The van der Waals surface area contributed by atoms with Crippen molar-refractivity contribution in [2.45, 2.75) is 51.6 Å². The number of fused-ring (bicyclic) bond motifs is 3. The molecule has 0 aromatic heterocycles. The zero-order chi connectivity index (χ0) is 26.0. The number of primary amides is 1. The Morgan fingerprint density at radius 3 is 2.43 bits per heavy atom. The Morgan fingerprint density at radius 2 is 1.86 bits per heavy atom. The number of hydrogen-bond acceptors (Lipinski definition) is 8. The second-order valence-electron chi connectivity index (χ2n) is 10.5. The number of aliphatic hydroxyl groups excluding tert-OH is 2. The summed E-state index contributed by atoms with van der Waals surface area (Å²) < 4.78 is 0. The summed E-state index contributed by atoms with van der Waals surface area (Å²) in [5.41, 5.74) is 4.01. The van der Waals surface area contributed by atoms with Gasteiger partial charge >= 0.3 is 0 Å². The molecule has 0 bridgehead atoms. The van der Waals surface area contributed by atoms with E-state index in [2.05, 4.69) is 13.8 Å². The quantitative estimate of drug-likeness (QED) is 0.397. The molecule has 1 aromatic carbocycles. The minimum Gasteiger partial charge on any atom is -0.508 e. The van der Waals surface area contributed by atoms with Crippen LogP contribution in [0.15, 0.2) is 23.0 Å². The summed E-state index contributed by atoms with van der Waals surface area (Å²) in [6, 6.07) is 1.90. The van der Waals surface area contributed by atoms with Crippen LogP contribution in [0.25, 0.3) is 5.76 Å². The van der Waals surface area contributed by atoms with Gasteiger partial charge in [0.1, 0.15) is 22.8 Å². The number of aliphatic hydroxyl groups is 3. The summed E-state index contributed by atoms with van der Waals surface area (Å²) in [5, 5.41) is 44.5. The summed E-state index contributed by atoms with van der Waals surface area (Å²) in [6.45, 7) is 4.14. The predicted octanol–water partition coefficient (Wildman–Crippen LogP) is 2.08. The highest BCUT2D eigenvalue weighted by atomic mass is 16.3. The first-order valence-corrected chi connectivity index (χ1v) is 11.8. The van der Waals surface area contributed by atoms with Crippen molar-refractivity contribution in [3.8, 4) is 5.75 Å². The first kappa shape index (κ1) is 24.8. The molecule has 0 heterocycles. The molecule has 3 atom stereocenters. The predicted molar refractivity (Wildman–Crippen MR) is 129 cm³/mol. The van der Waals surface area contributed by atoms with Crippen LogP contribution in [0, 0.1) is 17.8 Å². The fourth-order valence-corrected chi connectivity index (χ4v) is 5.76. The van der Waals surface area contributed by atoms with Crippen molar-refractivity contribution in [1.82, 2.24) is 0 Å². The molecule has 9 heteroatoms. The maximum Gasteiger partial charge on any atom is 0.255 e. The first-order valence-electron chi connectivity index (χ1n) is 11.8.